The van der Waals surface area contributed by atoms with Gasteiger partial charge < -0.3 is 19.5 Å². The minimum atomic E-state index is -0.460. The van der Waals surface area contributed by atoms with Gasteiger partial charge in [-0.1, -0.05) is 6.07 Å². The first-order valence-electron chi connectivity index (χ1n) is 8.99. The fourth-order valence-electron chi connectivity index (χ4n) is 3.31. The number of amides is 2. The van der Waals surface area contributed by atoms with Crippen molar-refractivity contribution < 1.29 is 19.1 Å². The van der Waals surface area contributed by atoms with Gasteiger partial charge in [0.15, 0.2) is 0 Å². The summed E-state index contributed by atoms with van der Waals surface area (Å²) in [4.78, 5) is 44.6. The summed E-state index contributed by atoms with van der Waals surface area (Å²) in [6.45, 7) is 5.32. The summed E-state index contributed by atoms with van der Waals surface area (Å²) in [6, 6.07) is 3.89. The van der Waals surface area contributed by atoms with Crippen LogP contribution < -0.4 is 0 Å². The molecule has 8 heteroatoms. The molecule has 1 aliphatic heterocycles. The zero-order chi connectivity index (χ0) is 20.3. The Kier molecular flexibility index (Phi) is 5.99. The zero-order valence-corrected chi connectivity index (χ0v) is 17.0. The minimum Gasteiger partial charge on any atom is -0.465 e. The van der Waals surface area contributed by atoms with Crippen LogP contribution in [0.3, 0.4) is 0 Å². The number of H-pyrrole nitrogens is 1. The van der Waals surface area contributed by atoms with Crippen molar-refractivity contribution in [3.05, 3.63) is 51.0 Å². The smallest absolute Gasteiger partial charge is 0.339 e. The highest BCUT2D eigenvalue weighted by Crippen LogP contribution is 2.21. The second-order valence-electron chi connectivity index (χ2n) is 6.58. The second kappa shape index (κ2) is 8.43. The first kappa shape index (κ1) is 19.9. The molecule has 3 rings (SSSR count). The Morgan fingerprint density at radius 2 is 1.82 bits per heavy atom. The Balaban J connectivity index is 1.63. The fourth-order valence-corrected chi connectivity index (χ4v) is 3.92. The molecule has 1 N–H and O–H groups in total. The van der Waals surface area contributed by atoms with Gasteiger partial charge in [0, 0.05) is 42.8 Å². The molecule has 3 heterocycles. The predicted octanol–water partition coefficient (Wildman–Crippen LogP) is 2.48. The van der Waals surface area contributed by atoms with Gasteiger partial charge in [-0.3, -0.25) is 9.59 Å². The van der Waals surface area contributed by atoms with Gasteiger partial charge in [-0.05, 0) is 36.9 Å². The summed E-state index contributed by atoms with van der Waals surface area (Å²) in [5.41, 5.74) is 2.00. The normalized spacial score (nSPS) is 14.5. The molecule has 148 valence electrons. The van der Waals surface area contributed by atoms with Crippen molar-refractivity contribution in [2.75, 3.05) is 33.3 Å². The quantitative estimate of drug-likeness (QED) is 0.630. The Bertz CT molecular complexity index is 906. The van der Waals surface area contributed by atoms with Crippen LogP contribution in [0.4, 0.5) is 0 Å². The van der Waals surface area contributed by atoms with Gasteiger partial charge in [0.25, 0.3) is 5.91 Å². The summed E-state index contributed by atoms with van der Waals surface area (Å²) in [6.07, 6.45) is 3.38. The third-order valence-electron chi connectivity index (χ3n) is 4.85. The van der Waals surface area contributed by atoms with Gasteiger partial charge in [0.05, 0.1) is 12.7 Å². The molecule has 0 radical (unpaired) electrons. The number of thiophene rings is 1. The molecule has 1 aliphatic rings. The number of carbonyl (C=O) groups is 3. The van der Waals surface area contributed by atoms with Crippen molar-refractivity contribution in [1.29, 1.82) is 0 Å². The molecule has 0 aromatic carbocycles. The van der Waals surface area contributed by atoms with Gasteiger partial charge >= 0.3 is 5.97 Å². The molecule has 1 saturated heterocycles. The molecular formula is C20H23N3O4S. The lowest BCUT2D eigenvalue weighted by atomic mass is 10.1. The van der Waals surface area contributed by atoms with Crippen molar-refractivity contribution in [3.8, 4) is 0 Å². The minimum absolute atomic E-state index is 0.0552. The number of nitrogens with zero attached hydrogens (tertiary/aromatic N) is 2. The highest BCUT2D eigenvalue weighted by Gasteiger charge is 2.28. The average Bonchev–Trinajstić information content (AvgIpc) is 3.33. The Morgan fingerprint density at radius 1 is 1.14 bits per heavy atom. The standard InChI is InChI=1S/C20H23N3O4S/c1-13-17(20(26)27-3)14(2)21-18(13)19(25)23-10-8-22(9-11-23)16(24)7-6-15-5-4-12-28-15/h4-7,12,21H,8-11H2,1-3H3/b7-6+. The van der Waals surface area contributed by atoms with Crippen molar-refractivity contribution in [1.82, 2.24) is 14.8 Å². The van der Waals surface area contributed by atoms with Crippen LogP contribution in [0.5, 0.6) is 0 Å². The highest BCUT2D eigenvalue weighted by atomic mass is 32.1. The number of carbonyl (C=O) groups excluding carboxylic acids is 3. The van der Waals surface area contributed by atoms with E-state index in [1.54, 1.807) is 41.1 Å². The Labute approximate surface area is 167 Å². The van der Waals surface area contributed by atoms with Crippen LogP contribution in [0, 0.1) is 13.8 Å². The molecule has 0 atom stereocenters. The number of aromatic amines is 1. The maximum absolute atomic E-state index is 12.9. The van der Waals surface area contributed by atoms with Crippen LogP contribution in [0.2, 0.25) is 0 Å². The first-order chi connectivity index (χ1) is 13.4. The van der Waals surface area contributed by atoms with E-state index in [-0.39, 0.29) is 11.8 Å². The molecular weight excluding hydrogens is 378 g/mol. The summed E-state index contributed by atoms with van der Waals surface area (Å²) in [5, 5.41) is 1.96. The number of piperazine rings is 1. The average molecular weight is 401 g/mol. The SMILES string of the molecule is COC(=O)c1c(C)[nH]c(C(=O)N2CCN(C(=O)/C=C/c3cccs3)CC2)c1C. The number of nitrogens with one attached hydrogen (secondary N) is 1. The van der Waals surface area contributed by atoms with Gasteiger partial charge in [-0.25, -0.2) is 4.79 Å². The summed E-state index contributed by atoms with van der Waals surface area (Å²) >= 11 is 1.57. The lowest BCUT2D eigenvalue weighted by Gasteiger charge is -2.34. The monoisotopic (exact) mass is 401 g/mol. The van der Waals surface area contributed by atoms with Crippen LogP contribution in [0.15, 0.2) is 23.6 Å². The number of aromatic nitrogens is 1. The highest BCUT2D eigenvalue weighted by molar-refractivity contribution is 7.10. The molecule has 0 saturated carbocycles. The number of ether oxygens (including phenoxy) is 1. The van der Waals surface area contributed by atoms with E-state index in [4.69, 9.17) is 4.74 Å². The number of hydrogen-bond acceptors (Lipinski definition) is 5. The fraction of sp³-hybridized carbons (Fsp3) is 0.350. The van der Waals surface area contributed by atoms with Crippen molar-refractivity contribution in [2.45, 2.75) is 13.8 Å². The third-order valence-corrected chi connectivity index (χ3v) is 5.69. The van der Waals surface area contributed by atoms with Crippen LogP contribution in [-0.4, -0.2) is 65.9 Å². The van der Waals surface area contributed by atoms with Gasteiger partial charge in [-0.15, -0.1) is 11.3 Å². The largest absolute Gasteiger partial charge is 0.465 e. The predicted molar refractivity (Wildman–Crippen MR) is 107 cm³/mol. The Hall–Kier alpha value is -2.87. The second-order valence-corrected chi connectivity index (χ2v) is 7.56. The van der Waals surface area contributed by atoms with Gasteiger partial charge in [0.1, 0.15) is 5.69 Å². The lowest BCUT2D eigenvalue weighted by Crippen LogP contribution is -2.50. The molecule has 0 bridgehead atoms. The maximum Gasteiger partial charge on any atom is 0.339 e. The van der Waals surface area contributed by atoms with E-state index in [0.717, 1.165) is 4.88 Å². The summed E-state index contributed by atoms with van der Waals surface area (Å²) in [7, 11) is 1.32. The van der Waals surface area contributed by atoms with Gasteiger partial charge in [-0.2, -0.15) is 0 Å². The van der Waals surface area contributed by atoms with E-state index in [2.05, 4.69) is 4.98 Å². The van der Waals surface area contributed by atoms with Gasteiger partial charge in [0.2, 0.25) is 5.91 Å². The first-order valence-corrected chi connectivity index (χ1v) is 9.87. The number of rotatable bonds is 4. The molecule has 0 spiro atoms. The number of aryl methyl sites for hydroxylation is 1. The lowest BCUT2D eigenvalue weighted by molar-refractivity contribution is -0.127. The zero-order valence-electron chi connectivity index (χ0n) is 16.2. The van der Waals surface area contributed by atoms with Crippen molar-refractivity contribution in [3.63, 3.8) is 0 Å². The van der Waals surface area contributed by atoms with E-state index in [9.17, 15) is 14.4 Å². The summed E-state index contributed by atoms with van der Waals surface area (Å²) < 4.78 is 4.79. The molecule has 0 aliphatic carbocycles. The van der Waals surface area contributed by atoms with E-state index in [0.29, 0.717) is 48.7 Å². The number of esters is 1. The molecule has 2 aromatic heterocycles. The van der Waals surface area contributed by atoms with E-state index in [1.165, 1.54) is 7.11 Å². The third kappa shape index (κ3) is 4.01. The summed E-state index contributed by atoms with van der Waals surface area (Å²) in [5.74, 6) is -0.685. The van der Waals surface area contributed by atoms with Crippen LogP contribution in [0.25, 0.3) is 6.08 Å². The van der Waals surface area contributed by atoms with Crippen molar-refractivity contribution in [2.24, 2.45) is 0 Å². The number of methoxy groups -OCH3 is 1. The molecule has 0 unspecified atom stereocenters. The van der Waals surface area contributed by atoms with Crippen LogP contribution in [0.1, 0.15) is 37.0 Å². The number of hydrogen-bond donors (Lipinski definition) is 1. The molecule has 7 nitrogen and oxygen atoms in total. The molecule has 1 fully saturated rings. The Morgan fingerprint density at radius 3 is 2.43 bits per heavy atom. The van der Waals surface area contributed by atoms with E-state index in [1.807, 2.05) is 23.6 Å². The topological polar surface area (TPSA) is 82.7 Å². The van der Waals surface area contributed by atoms with E-state index < -0.39 is 5.97 Å². The molecule has 2 aromatic rings. The van der Waals surface area contributed by atoms with E-state index >= 15 is 0 Å². The van der Waals surface area contributed by atoms with Crippen molar-refractivity contribution >= 4 is 35.2 Å². The maximum atomic E-state index is 12.9. The molecule has 28 heavy (non-hydrogen) atoms. The molecule has 2 amide bonds. The van der Waals surface area contributed by atoms with Crippen LogP contribution >= 0.6 is 11.3 Å². The van der Waals surface area contributed by atoms with Crippen LogP contribution in [-0.2, 0) is 9.53 Å².